The molecule has 1 aliphatic rings. The van der Waals surface area contributed by atoms with E-state index in [0.29, 0.717) is 5.92 Å². The Morgan fingerprint density at radius 1 is 1.35 bits per heavy atom. The topological polar surface area (TPSA) is 41.1 Å². The van der Waals surface area contributed by atoms with E-state index in [9.17, 15) is 0 Å². The molecule has 23 heavy (non-hydrogen) atoms. The molecule has 0 amide bonds. The van der Waals surface area contributed by atoms with E-state index in [1.54, 1.807) is 11.3 Å². The normalized spacial score (nSPS) is 18.4. The quantitative estimate of drug-likeness (QED) is 0.828. The number of aromatic nitrogens is 2. The van der Waals surface area contributed by atoms with Gasteiger partial charge in [0.05, 0.1) is 17.7 Å². The molecule has 1 aliphatic heterocycles. The number of nitrogens with one attached hydrogen (secondary N) is 1. The van der Waals surface area contributed by atoms with Crippen LogP contribution in [0.1, 0.15) is 46.6 Å². The van der Waals surface area contributed by atoms with Crippen molar-refractivity contribution in [3.63, 3.8) is 0 Å². The third-order valence-electron chi connectivity index (χ3n) is 4.39. The minimum atomic E-state index is 0.567. The van der Waals surface area contributed by atoms with E-state index in [1.165, 1.54) is 26.9 Å². The average molecular weight is 351 g/mol. The molecule has 1 saturated heterocycles. The van der Waals surface area contributed by atoms with Crippen LogP contribution in [0.4, 0.5) is 0 Å². The first kappa shape index (κ1) is 17.0. The highest BCUT2D eigenvalue weighted by molar-refractivity contribution is 7.11. The summed E-state index contributed by atoms with van der Waals surface area (Å²) in [4.78, 5) is 14.4. The SMILES string of the molecule is Cc1ncsc1CN(Cc1ncc(C(C)C)s1)CC1CCNC1. The van der Waals surface area contributed by atoms with E-state index in [0.717, 1.165) is 38.6 Å². The van der Waals surface area contributed by atoms with E-state index in [1.807, 2.05) is 16.8 Å². The summed E-state index contributed by atoms with van der Waals surface area (Å²) >= 11 is 3.63. The maximum atomic E-state index is 4.65. The van der Waals surface area contributed by atoms with E-state index in [2.05, 4.69) is 47.2 Å². The van der Waals surface area contributed by atoms with Gasteiger partial charge in [-0.05, 0) is 38.3 Å². The van der Waals surface area contributed by atoms with Gasteiger partial charge in [-0.25, -0.2) is 9.97 Å². The van der Waals surface area contributed by atoms with Crippen LogP contribution in [0.5, 0.6) is 0 Å². The largest absolute Gasteiger partial charge is 0.316 e. The molecular weight excluding hydrogens is 324 g/mol. The van der Waals surface area contributed by atoms with E-state index in [-0.39, 0.29) is 0 Å². The Morgan fingerprint density at radius 2 is 2.22 bits per heavy atom. The van der Waals surface area contributed by atoms with Gasteiger partial charge in [0.25, 0.3) is 0 Å². The van der Waals surface area contributed by atoms with Gasteiger partial charge >= 0.3 is 0 Å². The van der Waals surface area contributed by atoms with Gasteiger partial charge in [-0.2, -0.15) is 0 Å². The summed E-state index contributed by atoms with van der Waals surface area (Å²) in [6.07, 6.45) is 3.34. The number of rotatable bonds is 7. The van der Waals surface area contributed by atoms with Crippen LogP contribution in [0.3, 0.4) is 0 Å². The van der Waals surface area contributed by atoms with Crippen molar-refractivity contribution < 1.29 is 0 Å². The molecule has 0 saturated carbocycles. The van der Waals surface area contributed by atoms with Gasteiger partial charge in [0.15, 0.2) is 0 Å². The molecule has 4 nitrogen and oxygen atoms in total. The fourth-order valence-corrected chi connectivity index (χ4v) is 4.74. The number of aryl methyl sites for hydroxylation is 1. The third kappa shape index (κ3) is 4.59. The van der Waals surface area contributed by atoms with Gasteiger partial charge < -0.3 is 5.32 Å². The van der Waals surface area contributed by atoms with Crippen molar-refractivity contribution >= 4 is 22.7 Å². The van der Waals surface area contributed by atoms with E-state index in [4.69, 9.17) is 0 Å². The lowest BCUT2D eigenvalue weighted by atomic mass is 10.1. The fraction of sp³-hybridized carbons (Fsp3) is 0.647. The summed E-state index contributed by atoms with van der Waals surface area (Å²) in [6, 6.07) is 0. The lowest BCUT2D eigenvalue weighted by Crippen LogP contribution is -2.29. The Balaban J connectivity index is 1.69. The van der Waals surface area contributed by atoms with Crippen LogP contribution in [0, 0.1) is 12.8 Å². The minimum absolute atomic E-state index is 0.567. The average Bonchev–Trinajstić information content (AvgIpc) is 3.23. The smallest absolute Gasteiger partial charge is 0.107 e. The predicted molar refractivity (Wildman–Crippen MR) is 98.1 cm³/mol. The molecule has 2 aromatic rings. The summed E-state index contributed by atoms with van der Waals surface area (Å²) in [7, 11) is 0. The molecule has 0 bridgehead atoms. The molecule has 1 fully saturated rings. The second kappa shape index (κ2) is 7.83. The zero-order valence-electron chi connectivity index (χ0n) is 14.2. The highest BCUT2D eigenvalue weighted by Gasteiger charge is 2.20. The van der Waals surface area contributed by atoms with Gasteiger partial charge in [-0.15, -0.1) is 22.7 Å². The zero-order chi connectivity index (χ0) is 16.2. The lowest BCUT2D eigenvalue weighted by Gasteiger charge is -2.24. The van der Waals surface area contributed by atoms with Gasteiger partial charge in [0.1, 0.15) is 5.01 Å². The maximum absolute atomic E-state index is 4.65. The Morgan fingerprint density at radius 3 is 2.83 bits per heavy atom. The molecule has 2 aromatic heterocycles. The molecule has 126 valence electrons. The molecule has 3 heterocycles. The van der Waals surface area contributed by atoms with Gasteiger partial charge in [-0.1, -0.05) is 13.8 Å². The molecule has 0 radical (unpaired) electrons. The fourth-order valence-electron chi connectivity index (χ4n) is 2.96. The predicted octanol–water partition coefficient (Wildman–Crippen LogP) is 3.64. The zero-order valence-corrected chi connectivity index (χ0v) is 15.8. The second-order valence-corrected chi connectivity index (χ2v) is 8.79. The Hall–Kier alpha value is -0.820. The van der Waals surface area contributed by atoms with Crippen molar-refractivity contribution in [2.75, 3.05) is 19.6 Å². The summed E-state index contributed by atoms with van der Waals surface area (Å²) < 4.78 is 0. The van der Waals surface area contributed by atoms with Crippen LogP contribution in [-0.4, -0.2) is 34.5 Å². The number of nitrogens with zero attached hydrogens (tertiary/aromatic N) is 3. The monoisotopic (exact) mass is 350 g/mol. The summed E-state index contributed by atoms with van der Waals surface area (Å²) in [5, 5.41) is 4.72. The van der Waals surface area contributed by atoms with Gasteiger partial charge in [0, 0.05) is 29.0 Å². The third-order valence-corrected chi connectivity index (χ3v) is 6.59. The second-order valence-electron chi connectivity index (χ2n) is 6.70. The van der Waals surface area contributed by atoms with E-state index < -0.39 is 0 Å². The van der Waals surface area contributed by atoms with Crippen LogP contribution in [0.25, 0.3) is 0 Å². The Kier molecular flexibility index (Phi) is 5.80. The molecule has 0 spiro atoms. The molecule has 6 heteroatoms. The van der Waals surface area contributed by atoms with Crippen LogP contribution in [0.2, 0.25) is 0 Å². The van der Waals surface area contributed by atoms with Gasteiger partial charge in [0.2, 0.25) is 0 Å². The summed E-state index contributed by atoms with van der Waals surface area (Å²) in [6.45, 7) is 12.0. The first-order valence-electron chi connectivity index (χ1n) is 8.38. The molecule has 0 aromatic carbocycles. The molecule has 1 atom stereocenters. The first-order valence-corrected chi connectivity index (χ1v) is 10.1. The molecular formula is C17H26N4S2. The molecule has 1 N–H and O–H groups in total. The number of hydrogen-bond donors (Lipinski definition) is 1. The number of thiazole rings is 2. The van der Waals surface area contributed by atoms with Crippen molar-refractivity contribution in [3.8, 4) is 0 Å². The van der Waals surface area contributed by atoms with Crippen LogP contribution in [-0.2, 0) is 13.1 Å². The first-order chi connectivity index (χ1) is 11.1. The van der Waals surface area contributed by atoms with Crippen LogP contribution in [0.15, 0.2) is 11.7 Å². The highest BCUT2D eigenvalue weighted by atomic mass is 32.1. The maximum Gasteiger partial charge on any atom is 0.107 e. The lowest BCUT2D eigenvalue weighted by molar-refractivity contribution is 0.222. The minimum Gasteiger partial charge on any atom is -0.316 e. The standard InChI is InChI=1S/C17H26N4S2/c1-12(2)15-7-19-17(23-15)10-21(8-14-4-5-18-6-14)9-16-13(3)20-11-22-16/h7,11-12,14,18H,4-6,8-10H2,1-3H3. The Bertz CT molecular complexity index is 614. The van der Waals surface area contributed by atoms with Crippen molar-refractivity contribution in [1.82, 2.24) is 20.2 Å². The summed E-state index contributed by atoms with van der Waals surface area (Å²) in [5.41, 5.74) is 3.13. The Labute approximate surface area is 147 Å². The van der Waals surface area contributed by atoms with Crippen molar-refractivity contribution in [1.29, 1.82) is 0 Å². The van der Waals surface area contributed by atoms with Crippen molar-refractivity contribution in [2.45, 2.75) is 46.2 Å². The number of hydrogen-bond acceptors (Lipinski definition) is 6. The summed E-state index contributed by atoms with van der Waals surface area (Å²) in [5.74, 6) is 1.32. The van der Waals surface area contributed by atoms with Crippen molar-refractivity contribution in [3.05, 3.63) is 32.2 Å². The highest BCUT2D eigenvalue weighted by Crippen LogP contribution is 2.25. The van der Waals surface area contributed by atoms with Crippen LogP contribution < -0.4 is 5.32 Å². The molecule has 3 rings (SSSR count). The molecule has 0 aliphatic carbocycles. The van der Waals surface area contributed by atoms with Crippen LogP contribution >= 0.6 is 22.7 Å². The van der Waals surface area contributed by atoms with Gasteiger partial charge in [-0.3, -0.25) is 4.90 Å². The van der Waals surface area contributed by atoms with Crippen molar-refractivity contribution in [2.24, 2.45) is 5.92 Å². The molecule has 1 unspecified atom stereocenters. The van der Waals surface area contributed by atoms with E-state index >= 15 is 0 Å².